The summed E-state index contributed by atoms with van der Waals surface area (Å²) in [5, 5.41) is 2.03. The lowest BCUT2D eigenvalue weighted by molar-refractivity contribution is 0.141. The second kappa shape index (κ2) is 4.97. The maximum Gasteiger partial charge on any atom is 0.129 e. The minimum atomic E-state index is 0.437. The molecule has 2 N–H and O–H groups in total. The third kappa shape index (κ3) is 2.28. The summed E-state index contributed by atoms with van der Waals surface area (Å²) in [4.78, 5) is 8.72. The van der Waals surface area contributed by atoms with Crippen molar-refractivity contribution in [1.82, 2.24) is 4.98 Å². The van der Waals surface area contributed by atoms with Gasteiger partial charge in [0.1, 0.15) is 5.15 Å². The number of hydrogen-bond donors (Lipinski definition) is 1. The summed E-state index contributed by atoms with van der Waals surface area (Å²) in [6.07, 6.45) is 0.675. The number of benzene rings is 1. The number of halogens is 2. The highest BCUT2D eigenvalue weighted by atomic mass is 35.5. The predicted octanol–water partition coefficient (Wildman–Crippen LogP) is 2.97. The van der Waals surface area contributed by atoms with E-state index >= 15 is 0 Å². The molecule has 0 aliphatic heterocycles. The Labute approximate surface area is 103 Å². The van der Waals surface area contributed by atoms with Crippen molar-refractivity contribution in [3.63, 3.8) is 0 Å². The number of hydrogen-bond acceptors (Lipinski definition) is 3. The van der Waals surface area contributed by atoms with Crippen LogP contribution in [0.15, 0.2) is 24.3 Å². The van der Waals surface area contributed by atoms with Crippen LogP contribution in [0.4, 0.5) is 0 Å². The lowest BCUT2D eigenvalue weighted by atomic mass is 10.1. The summed E-state index contributed by atoms with van der Waals surface area (Å²) < 4.78 is 0. The fourth-order valence-electron chi connectivity index (χ4n) is 1.55. The molecule has 0 radical (unpaired) electrons. The van der Waals surface area contributed by atoms with Gasteiger partial charge in [0, 0.05) is 5.39 Å². The molecule has 0 spiro atoms. The fraction of sp³-hybridized carbons (Fsp3) is 0.182. The van der Waals surface area contributed by atoms with E-state index in [-0.39, 0.29) is 0 Å². The first-order valence-electron chi connectivity index (χ1n) is 4.77. The molecule has 16 heavy (non-hydrogen) atoms. The fourth-order valence-corrected chi connectivity index (χ4v) is 2.02. The van der Waals surface area contributed by atoms with Crippen LogP contribution in [0.25, 0.3) is 10.9 Å². The van der Waals surface area contributed by atoms with E-state index in [1.807, 2.05) is 18.2 Å². The second-order valence-electron chi connectivity index (χ2n) is 3.36. The van der Waals surface area contributed by atoms with Gasteiger partial charge in [-0.1, -0.05) is 29.3 Å². The minimum absolute atomic E-state index is 0.437. The zero-order valence-electron chi connectivity index (χ0n) is 8.41. The maximum atomic E-state index is 6.25. The molecule has 0 unspecified atom stereocenters. The standard InChI is InChI=1S/C11H10Cl2N2O/c12-10-4-2-8-9(15-10)3-1-7(11(8)13)5-6-16-14/h1-4H,5-6,14H2. The Kier molecular flexibility index (Phi) is 3.61. The monoisotopic (exact) mass is 256 g/mol. The Balaban J connectivity index is 2.48. The van der Waals surface area contributed by atoms with Crippen molar-refractivity contribution >= 4 is 34.1 Å². The van der Waals surface area contributed by atoms with E-state index in [0.29, 0.717) is 23.2 Å². The molecule has 2 rings (SSSR count). The number of nitrogens with zero attached hydrogens (tertiary/aromatic N) is 1. The van der Waals surface area contributed by atoms with Gasteiger partial charge in [-0.2, -0.15) is 0 Å². The predicted molar refractivity (Wildman–Crippen MR) is 65.6 cm³/mol. The molecule has 5 heteroatoms. The lowest BCUT2D eigenvalue weighted by Gasteiger charge is -2.06. The molecule has 2 aromatic rings. The molecule has 0 aliphatic carbocycles. The van der Waals surface area contributed by atoms with Gasteiger partial charge in [-0.05, 0) is 30.2 Å². The average molecular weight is 257 g/mol. The third-order valence-electron chi connectivity index (χ3n) is 2.34. The van der Waals surface area contributed by atoms with Crippen molar-refractivity contribution in [3.8, 4) is 0 Å². The number of aromatic nitrogens is 1. The average Bonchev–Trinajstić information content (AvgIpc) is 2.28. The first-order valence-corrected chi connectivity index (χ1v) is 5.53. The molecule has 84 valence electrons. The van der Waals surface area contributed by atoms with Crippen LogP contribution in [-0.4, -0.2) is 11.6 Å². The molecule has 1 aromatic heterocycles. The van der Waals surface area contributed by atoms with Crippen LogP contribution in [0, 0.1) is 0 Å². The zero-order valence-corrected chi connectivity index (χ0v) is 9.92. The molecule has 0 fully saturated rings. The highest BCUT2D eigenvalue weighted by Crippen LogP contribution is 2.27. The molecule has 0 saturated heterocycles. The van der Waals surface area contributed by atoms with Crippen LogP contribution >= 0.6 is 23.2 Å². The SMILES string of the molecule is NOCCc1ccc2nc(Cl)ccc2c1Cl. The highest BCUT2D eigenvalue weighted by Gasteiger charge is 2.06. The van der Waals surface area contributed by atoms with Crippen LogP contribution in [0.5, 0.6) is 0 Å². The summed E-state index contributed by atoms with van der Waals surface area (Å²) in [5.41, 5.74) is 1.78. The van der Waals surface area contributed by atoms with Gasteiger partial charge in [-0.15, -0.1) is 0 Å². The number of nitrogens with two attached hydrogens (primary N) is 1. The summed E-state index contributed by atoms with van der Waals surface area (Å²) >= 11 is 12.1. The summed E-state index contributed by atoms with van der Waals surface area (Å²) in [5.74, 6) is 4.99. The molecular weight excluding hydrogens is 247 g/mol. The van der Waals surface area contributed by atoms with E-state index < -0.39 is 0 Å². The number of rotatable bonds is 3. The van der Waals surface area contributed by atoms with E-state index in [1.54, 1.807) is 6.07 Å². The minimum Gasteiger partial charge on any atom is -0.304 e. The molecule has 1 heterocycles. The topological polar surface area (TPSA) is 48.1 Å². The Hall–Kier alpha value is -0.870. The molecule has 0 atom stereocenters. The molecule has 0 amide bonds. The first-order chi connectivity index (χ1) is 7.72. The largest absolute Gasteiger partial charge is 0.304 e. The number of pyridine rings is 1. The number of fused-ring (bicyclic) bond motifs is 1. The van der Waals surface area contributed by atoms with E-state index in [9.17, 15) is 0 Å². The maximum absolute atomic E-state index is 6.25. The van der Waals surface area contributed by atoms with E-state index in [2.05, 4.69) is 9.82 Å². The Morgan fingerprint density at radius 1 is 1.19 bits per heavy atom. The van der Waals surface area contributed by atoms with E-state index in [0.717, 1.165) is 16.5 Å². The summed E-state index contributed by atoms with van der Waals surface area (Å²) in [7, 11) is 0. The van der Waals surface area contributed by atoms with Gasteiger partial charge in [-0.25, -0.2) is 10.9 Å². The van der Waals surface area contributed by atoms with Gasteiger partial charge in [0.15, 0.2) is 0 Å². The van der Waals surface area contributed by atoms with Crippen LogP contribution in [0.3, 0.4) is 0 Å². The molecule has 0 aliphatic rings. The van der Waals surface area contributed by atoms with Crippen molar-refractivity contribution in [2.45, 2.75) is 6.42 Å². The van der Waals surface area contributed by atoms with Gasteiger partial charge < -0.3 is 4.84 Å². The third-order valence-corrected chi connectivity index (χ3v) is 3.00. The summed E-state index contributed by atoms with van der Waals surface area (Å²) in [6.45, 7) is 0.437. The van der Waals surface area contributed by atoms with Crippen LogP contribution in [0.1, 0.15) is 5.56 Å². The molecule has 0 saturated carbocycles. The molecule has 1 aromatic carbocycles. The normalized spacial score (nSPS) is 10.9. The van der Waals surface area contributed by atoms with Gasteiger partial charge in [-0.3, -0.25) is 0 Å². The van der Waals surface area contributed by atoms with Crippen LogP contribution in [0.2, 0.25) is 10.2 Å². The smallest absolute Gasteiger partial charge is 0.129 e. The Morgan fingerprint density at radius 3 is 2.75 bits per heavy atom. The Morgan fingerprint density at radius 2 is 2.00 bits per heavy atom. The molecule has 3 nitrogen and oxygen atoms in total. The van der Waals surface area contributed by atoms with Gasteiger partial charge >= 0.3 is 0 Å². The zero-order chi connectivity index (χ0) is 11.5. The molecular formula is C11H10Cl2N2O. The van der Waals surface area contributed by atoms with Crippen molar-refractivity contribution in [1.29, 1.82) is 0 Å². The highest BCUT2D eigenvalue weighted by molar-refractivity contribution is 6.36. The van der Waals surface area contributed by atoms with Crippen molar-refractivity contribution in [3.05, 3.63) is 40.0 Å². The van der Waals surface area contributed by atoms with Crippen molar-refractivity contribution in [2.24, 2.45) is 5.90 Å². The molecule has 0 bridgehead atoms. The second-order valence-corrected chi connectivity index (χ2v) is 4.13. The van der Waals surface area contributed by atoms with E-state index in [4.69, 9.17) is 29.1 Å². The van der Waals surface area contributed by atoms with Gasteiger partial charge in [0.05, 0.1) is 17.1 Å². The summed E-state index contributed by atoms with van der Waals surface area (Å²) in [6, 6.07) is 7.38. The first kappa shape index (κ1) is 11.6. The lowest BCUT2D eigenvalue weighted by Crippen LogP contribution is -2.04. The van der Waals surface area contributed by atoms with Crippen LogP contribution < -0.4 is 5.90 Å². The van der Waals surface area contributed by atoms with Crippen molar-refractivity contribution in [2.75, 3.05) is 6.61 Å². The van der Waals surface area contributed by atoms with Gasteiger partial charge in [0.25, 0.3) is 0 Å². The Bertz CT molecular complexity index is 517. The van der Waals surface area contributed by atoms with Gasteiger partial charge in [0.2, 0.25) is 0 Å². The van der Waals surface area contributed by atoms with Crippen molar-refractivity contribution < 1.29 is 4.84 Å². The quantitative estimate of drug-likeness (QED) is 0.679. The van der Waals surface area contributed by atoms with E-state index in [1.165, 1.54) is 0 Å². The van der Waals surface area contributed by atoms with Crippen LogP contribution in [-0.2, 0) is 11.3 Å².